The van der Waals surface area contributed by atoms with Gasteiger partial charge in [-0.2, -0.15) is 0 Å². The summed E-state index contributed by atoms with van der Waals surface area (Å²) >= 11 is 0. The van der Waals surface area contributed by atoms with E-state index < -0.39 is 0 Å². The van der Waals surface area contributed by atoms with Crippen LogP contribution in [0.15, 0.2) is 0 Å². The number of aliphatic hydroxyl groups excluding tert-OH is 2. The standard InChI is InChI=1S/C10H22O.C8H18O5/c1-3-5-7-9-11-10-8-6-4-2;9-1-3-11-5-7-13-8-6-12-4-2-10/h3-10H2,1-2H3;9-10H,1-8H2. The zero-order valence-corrected chi connectivity index (χ0v) is 15.8. The molecular weight excluding hydrogens is 312 g/mol. The fourth-order valence-electron chi connectivity index (χ4n) is 1.68. The van der Waals surface area contributed by atoms with Crippen molar-refractivity contribution in [2.24, 2.45) is 0 Å². The Morgan fingerprint density at radius 1 is 0.458 bits per heavy atom. The first-order valence-electron chi connectivity index (χ1n) is 9.36. The number of unbranched alkanes of at least 4 members (excludes halogenated alkanes) is 4. The highest BCUT2D eigenvalue weighted by Gasteiger charge is 1.90. The number of aliphatic hydroxyl groups is 2. The van der Waals surface area contributed by atoms with Crippen LogP contribution in [-0.2, 0) is 18.9 Å². The van der Waals surface area contributed by atoms with Gasteiger partial charge in [0.15, 0.2) is 0 Å². The Morgan fingerprint density at radius 3 is 1.12 bits per heavy atom. The first-order valence-corrected chi connectivity index (χ1v) is 9.36. The van der Waals surface area contributed by atoms with Crippen molar-refractivity contribution >= 4 is 0 Å². The van der Waals surface area contributed by atoms with E-state index in [-0.39, 0.29) is 13.2 Å². The van der Waals surface area contributed by atoms with Gasteiger partial charge in [-0.1, -0.05) is 39.5 Å². The summed E-state index contributed by atoms with van der Waals surface area (Å²) in [7, 11) is 0. The molecule has 0 amide bonds. The van der Waals surface area contributed by atoms with Gasteiger partial charge >= 0.3 is 0 Å². The molecule has 6 nitrogen and oxygen atoms in total. The Morgan fingerprint density at radius 2 is 0.792 bits per heavy atom. The topological polar surface area (TPSA) is 77.4 Å². The lowest BCUT2D eigenvalue weighted by Crippen LogP contribution is -2.11. The monoisotopic (exact) mass is 352 g/mol. The van der Waals surface area contributed by atoms with Crippen molar-refractivity contribution < 1.29 is 29.2 Å². The van der Waals surface area contributed by atoms with Crippen LogP contribution < -0.4 is 0 Å². The van der Waals surface area contributed by atoms with Gasteiger partial charge in [0.05, 0.1) is 52.9 Å². The molecule has 0 saturated heterocycles. The maximum Gasteiger partial charge on any atom is 0.0701 e. The van der Waals surface area contributed by atoms with Crippen molar-refractivity contribution in [3.63, 3.8) is 0 Å². The van der Waals surface area contributed by atoms with E-state index in [4.69, 9.17) is 29.2 Å². The number of rotatable bonds is 18. The van der Waals surface area contributed by atoms with Crippen LogP contribution in [0.4, 0.5) is 0 Å². The van der Waals surface area contributed by atoms with Crippen LogP contribution in [-0.4, -0.2) is 76.3 Å². The Kier molecular flexibility index (Phi) is 29.9. The van der Waals surface area contributed by atoms with Gasteiger partial charge in [0, 0.05) is 13.2 Å². The molecule has 0 aromatic carbocycles. The molecule has 0 atom stereocenters. The second kappa shape index (κ2) is 27.6. The number of hydrogen-bond donors (Lipinski definition) is 2. The maximum atomic E-state index is 8.36. The molecule has 2 N–H and O–H groups in total. The average molecular weight is 353 g/mol. The summed E-state index contributed by atoms with van der Waals surface area (Å²) in [6.07, 6.45) is 7.68. The Bertz CT molecular complexity index is 174. The Hall–Kier alpha value is -0.240. The summed E-state index contributed by atoms with van der Waals surface area (Å²) in [5.74, 6) is 0. The van der Waals surface area contributed by atoms with E-state index in [1.165, 1.54) is 38.5 Å². The largest absolute Gasteiger partial charge is 0.394 e. The molecule has 6 heteroatoms. The van der Waals surface area contributed by atoms with E-state index in [1.54, 1.807) is 0 Å². The van der Waals surface area contributed by atoms with E-state index >= 15 is 0 Å². The van der Waals surface area contributed by atoms with Gasteiger partial charge in [0.1, 0.15) is 0 Å². The molecule has 148 valence electrons. The quantitative estimate of drug-likeness (QED) is 0.369. The van der Waals surface area contributed by atoms with E-state index in [9.17, 15) is 0 Å². The minimum absolute atomic E-state index is 0.0413. The Balaban J connectivity index is 0. The van der Waals surface area contributed by atoms with Gasteiger partial charge in [-0.3, -0.25) is 0 Å². The van der Waals surface area contributed by atoms with Crippen LogP contribution in [0.25, 0.3) is 0 Å². The third-order valence-electron chi connectivity index (χ3n) is 3.00. The van der Waals surface area contributed by atoms with Gasteiger partial charge in [-0.05, 0) is 12.8 Å². The highest BCUT2D eigenvalue weighted by atomic mass is 16.5. The third-order valence-corrected chi connectivity index (χ3v) is 3.00. The highest BCUT2D eigenvalue weighted by molar-refractivity contribution is 4.39. The third kappa shape index (κ3) is 29.7. The highest BCUT2D eigenvalue weighted by Crippen LogP contribution is 1.97. The molecule has 0 saturated carbocycles. The molecule has 0 aromatic rings. The smallest absolute Gasteiger partial charge is 0.0701 e. The lowest BCUT2D eigenvalue weighted by Gasteiger charge is -2.04. The SMILES string of the molecule is CCCCCOCCCCC.OCCOCCOCCOCCO. The van der Waals surface area contributed by atoms with Crippen molar-refractivity contribution in [3.05, 3.63) is 0 Å². The van der Waals surface area contributed by atoms with Gasteiger partial charge < -0.3 is 29.2 Å². The van der Waals surface area contributed by atoms with Crippen LogP contribution in [0.3, 0.4) is 0 Å². The molecule has 0 aliphatic rings. The van der Waals surface area contributed by atoms with Crippen molar-refractivity contribution in [2.75, 3.05) is 66.1 Å². The summed E-state index contributed by atoms with van der Waals surface area (Å²) in [4.78, 5) is 0. The van der Waals surface area contributed by atoms with Crippen molar-refractivity contribution in [3.8, 4) is 0 Å². The normalized spacial score (nSPS) is 10.5. The summed E-state index contributed by atoms with van der Waals surface area (Å²) in [6.45, 7) is 9.14. The van der Waals surface area contributed by atoms with E-state index in [2.05, 4.69) is 13.8 Å². The first-order chi connectivity index (χ1) is 11.8. The van der Waals surface area contributed by atoms with Gasteiger partial charge in [-0.25, -0.2) is 0 Å². The van der Waals surface area contributed by atoms with Crippen molar-refractivity contribution in [1.82, 2.24) is 0 Å². The molecule has 0 rings (SSSR count). The molecule has 0 fully saturated rings. The first kappa shape index (κ1) is 26.0. The Labute approximate surface area is 148 Å². The zero-order valence-electron chi connectivity index (χ0n) is 15.8. The van der Waals surface area contributed by atoms with Crippen LogP contribution >= 0.6 is 0 Å². The fraction of sp³-hybridized carbons (Fsp3) is 1.00. The van der Waals surface area contributed by atoms with Crippen LogP contribution in [0.2, 0.25) is 0 Å². The number of hydrogen-bond acceptors (Lipinski definition) is 6. The van der Waals surface area contributed by atoms with E-state index in [0.29, 0.717) is 39.6 Å². The van der Waals surface area contributed by atoms with Gasteiger partial charge in [0.2, 0.25) is 0 Å². The second-order valence-corrected chi connectivity index (χ2v) is 5.31. The predicted molar refractivity (Wildman–Crippen MR) is 96.5 cm³/mol. The minimum atomic E-state index is 0.0413. The molecule has 0 heterocycles. The second-order valence-electron chi connectivity index (χ2n) is 5.31. The summed E-state index contributed by atoms with van der Waals surface area (Å²) in [6, 6.07) is 0. The van der Waals surface area contributed by atoms with Gasteiger partial charge in [-0.15, -0.1) is 0 Å². The fourth-order valence-corrected chi connectivity index (χ4v) is 1.68. The molecule has 0 unspecified atom stereocenters. The summed E-state index contributed by atoms with van der Waals surface area (Å²) < 4.78 is 20.5. The lowest BCUT2D eigenvalue weighted by atomic mass is 10.2. The summed E-state index contributed by atoms with van der Waals surface area (Å²) in [5, 5.41) is 16.7. The van der Waals surface area contributed by atoms with Crippen LogP contribution in [0.1, 0.15) is 52.4 Å². The molecule has 0 spiro atoms. The maximum absolute atomic E-state index is 8.36. The molecule has 0 aliphatic heterocycles. The van der Waals surface area contributed by atoms with Crippen LogP contribution in [0, 0.1) is 0 Å². The molecule has 0 aromatic heterocycles. The molecule has 24 heavy (non-hydrogen) atoms. The van der Waals surface area contributed by atoms with E-state index in [0.717, 1.165) is 13.2 Å². The molecule has 0 radical (unpaired) electrons. The molecule has 0 bridgehead atoms. The predicted octanol–water partition coefficient (Wildman–Crippen LogP) is 2.40. The van der Waals surface area contributed by atoms with Crippen molar-refractivity contribution in [2.45, 2.75) is 52.4 Å². The van der Waals surface area contributed by atoms with Crippen molar-refractivity contribution in [1.29, 1.82) is 0 Å². The number of ether oxygens (including phenoxy) is 4. The summed E-state index contributed by atoms with van der Waals surface area (Å²) in [5.41, 5.74) is 0. The average Bonchev–Trinajstić information content (AvgIpc) is 2.60. The molecular formula is C18H40O6. The van der Waals surface area contributed by atoms with Crippen LogP contribution in [0.5, 0.6) is 0 Å². The minimum Gasteiger partial charge on any atom is -0.394 e. The molecule has 0 aliphatic carbocycles. The zero-order chi connectivity index (χ0) is 18.1. The lowest BCUT2D eigenvalue weighted by molar-refractivity contribution is 0.00230. The van der Waals surface area contributed by atoms with Gasteiger partial charge in [0.25, 0.3) is 0 Å². The van der Waals surface area contributed by atoms with E-state index in [1.807, 2.05) is 0 Å².